The summed E-state index contributed by atoms with van der Waals surface area (Å²) in [6.07, 6.45) is -1.54. The van der Waals surface area contributed by atoms with E-state index in [1.807, 2.05) is 6.07 Å². The number of anilines is 1. The predicted molar refractivity (Wildman–Crippen MR) is 100 cm³/mol. The number of aliphatic hydroxyl groups excluding tert-OH is 3. The highest BCUT2D eigenvalue weighted by Gasteiger charge is 2.44. The van der Waals surface area contributed by atoms with E-state index in [0.717, 1.165) is 5.56 Å². The number of aliphatic hydroxyl groups is 3. The lowest BCUT2D eigenvalue weighted by Crippen LogP contribution is -2.33. The first-order valence-electron chi connectivity index (χ1n) is 8.93. The number of hydrogen-bond donors (Lipinski definition) is 5. The third-order valence-corrected chi connectivity index (χ3v) is 4.88. The molecule has 0 bridgehead atoms. The summed E-state index contributed by atoms with van der Waals surface area (Å²) in [6, 6.07) is 5.05. The molecule has 0 amide bonds. The van der Waals surface area contributed by atoms with Gasteiger partial charge in [0, 0.05) is 12.1 Å². The van der Waals surface area contributed by atoms with Gasteiger partial charge in [-0.15, -0.1) is 0 Å². The summed E-state index contributed by atoms with van der Waals surface area (Å²) in [7, 11) is 1.48. The number of phenols is 1. The molecule has 1 aromatic carbocycles. The highest BCUT2D eigenvalue weighted by Crippen LogP contribution is 2.33. The van der Waals surface area contributed by atoms with Crippen molar-refractivity contribution in [2.24, 2.45) is 0 Å². The second-order valence-electron chi connectivity index (χ2n) is 6.60. The summed E-state index contributed by atoms with van der Waals surface area (Å²) >= 11 is 0. The van der Waals surface area contributed by atoms with Crippen LogP contribution < -0.4 is 10.1 Å². The Morgan fingerprint density at radius 3 is 2.76 bits per heavy atom. The van der Waals surface area contributed by atoms with Gasteiger partial charge in [0.25, 0.3) is 0 Å². The van der Waals surface area contributed by atoms with Crippen LogP contribution in [0.15, 0.2) is 30.9 Å². The van der Waals surface area contributed by atoms with Gasteiger partial charge in [0.1, 0.15) is 24.6 Å². The Labute approximate surface area is 165 Å². The van der Waals surface area contributed by atoms with E-state index in [9.17, 15) is 20.4 Å². The van der Waals surface area contributed by atoms with Crippen LogP contribution in [0.2, 0.25) is 0 Å². The Hall–Kier alpha value is -2.99. The first kappa shape index (κ1) is 19.3. The van der Waals surface area contributed by atoms with Crippen LogP contribution in [0.3, 0.4) is 0 Å². The van der Waals surface area contributed by atoms with Gasteiger partial charge in [-0.1, -0.05) is 12.1 Å². The third-order valence-electron chi connectivity index (χ3n) is 4.88. The van der Waals surface area contributed by atoms with E-state index in [1.54, 1.807) is 6.07 Å². The summed E-state index contributed by atoms with van der Waals surface area (Å²) in [6.45, 7) is -0.112. The van der Waals surface area contributed by atoms with Gasteiger partial charge in [-0.25, -0.2) is 15.0 Å². The molecule has 3 heterocycles. The molecule has 2 aromatic heterocycles. The lowest BCUT2D eigenvalue weighted by atomic mass is 10.1. The van der Waals surface area contributed by atoms with Crippen LogP contribution in [0.1, 0.15) is 11.8 Å². The van der Waals surface area contributed by atoms with Crippen molar-refractivity contribution in [2.45, 2.75) is 31.1 Å². The molecule has 1 saturated heterocycles. The summed E-state index contributed by atoms with van der Waals surface area (Å²) in [5.41, 5.74) is 1.55. The zero-order valence-corrected chi connectivity index (χ0v) is 15.5. The van der Waals surface area contributed by atoms with E-state index < -0.39 is 31.1 Å². The van der Waals surface area contributed by atoms with Gasteiger partial charge >= 0.3 is 0 Å². The number of phenolic OH excluding ortho intramolecular Hbond substituents is 1. The minimum Gasteiger partial charge on any atom is -0.504 e. The van der Waals surface area contributed by atoms with Gasteiger partial charge in [-0.05, 0) is 6.07 Å². The highest BCUT2D eigenvalue weighted by molar-refractivity contribution is 5.82. The Balaban J connectivity index is 1.61. The smallest absolute Gasteiger partial charge is 0.167 e. The van der Waals surface area contributed by atoms with Crippen molar-refractivity contribution in [2.75, 3.05) is 19.0 Å². The number of nitrogens with one attached hydrogen (secondary N) is 1. The van der Waals surface area contributed by atoms with Crippen LogP contribution in [0.4, 0.5) is 5.82 Å². The lowest BCUT2D eigenvalue weighted by Gasteiger charge is -2.16. The fraction of sp³-hybridized carbons (Fsp3) is 0.389. The van der Waals surface area contributed by atoms with E-state index in [2.05, 4.69) is 20.3 Å². The fourth-order valence-corrected chi connectivity index (χ4v) is 3.40. The topological polar surface area (TPSA) is 155 Å². The van der Waals surface area contributed by atoms with Crippen LogP contribution in [0.5, 0.6) is 11.5 Å². The molecule has 0 spiro atoms. The summed E-state index contributed by atoms with van der Waals surface area (Å²) in [4.78, 5) is 12.7. The number of hydrogen-bond acceptors (Lipinski definition) is 10. The second kappa shape index (κ2) is 7.79. The number of aromatic nitrogens is 4. The predicted octanol–water partition coefficient (Wildman–Crippen LogP) is -0.236. The van der Waals surface area contributed by atoms with Crippen molar-refractivity contribution < 1.29 is 29.9 Å². The average molecular weight is 403 g/mol. The SMILES string of the molecule is COc1c(O)cccc1CNc1ncnc2c1ncn2C1O[C@H](CO)[C@@H](O)[C@@H]1O. The van der Waals surface area contributed by atoms with Crippen LogP contribution in [-0.2, 0) is 11.3 Å². The number of fused-ring (bicyclic) bond motifs is 1. The van der Waals surface area contributed by atoms with E-state index in [0.29, 0.717) is 29.3 Å². The van der Waals surface area contributed by atoms with Crippen molar-refractivity contribution >= 4 is 17.0 Å². The number of nitrogens with zero attached hydrogens (tertiary/aromatic N) is 4. The van der Waals surface area contributed by atoms with E-state index >= 15 is 0 Å². The summed E-state index contributed by atoms with van der Waals surface area (Å²) in [5, 5.41) is 42.6. The van der Waals surface area contributed by atoms with E-state index in [-0.39, 0.29) is 5.75 Å². The maximum Gasteiger partial charge on any atom is 0.167 e. The third kappa shape index (κ3) is 3.34. The van der Waals surface area contributed by atoms with Crippen molar-refractivity contribution in [3.63, 3.8) is 0 Å². The maximum absolute atomic E-state index is 10.3. The Morgan fingerprint density at radius 2 is 2.03 bits per heavy atom. The van der Waals surface area contributed by atoms with Crippen LogP contribution in [0.25, 0.3) is 11.2 Å². The number of aromatic hydroxyl groups is 1. The minimum atomic E-state index is -1.24. The maximum atomic E-state index is 10.3. The van der Waals surface area contributed by atoms with Crippen molar-refractivity contribution in [3.8, 4) is 11.5 Å². The Morgan fingerprint density at radius 1 is 1.21 bits per heavy atom. The van der Waals surface area contributed by atoms with Crippen molar-refractivity contribution in [1.82, 2.24) is 19.5 Å². The molecule has 0 saturated carbocycles. The molecule has 0 aliphatic carbocycles. The van der Waals surface area contributed by atoms with Gasteiger partial charge in [-0.2, -0.15) is 0 Å². The number of rotatable bonds is 6. The van der Waals surface area contributed by atoms with Gasteiger partial charge in [-0.3, -0.25) is 4.57 Å². The molecule has 1 aliphatic heterocycles. The molecule has 0 radical (unpaired) electrons. The number of ether oxygens (including phenoxy) is 2. The van der Waals surface area contributed by atoms with Gasteiger partial charge < -0.3 is 35.2 Å². The molecular formula is C18H21N5O6. The van der Waals surface area contributed by atoms with Crippen molar-refractivity contribution in [3.05, 3.63) is 36.4 Å². The zero-order chi connectivity index (χ0) is 20.5. The molecule has 1 unspecified atom stereocenters. The molecule has 4 atom stereocenters. The standard InChI is InChI=1S/C18H21N5O6/c1-28-15-9(3-2-4-10(15)25)5-19-16-12-17(21-7-20-16)23(8-22-12)18-14(27)13(26)11(6-24)29-18/h2-4,7-8,11,13-14,18,24-27H,5-6H2,1H3,(H,19,20,21)/t11-,13-,14+,18?/m1/s1. The largest absolute Gasteiger partial charge is 0.504 e. The van der Waals surface area contributed by atoms with Crippen LogP contribution in [-0.4, -0.2) is 72.0 Å². The molecule has 5 N–H and O–H groups in total. The molecular weight excluding hydrogens is 382 g/mol. The minimum absolute atomic E-state index is 0.0354. The quantitative estimate of drug-likeness (QED) is 0.372. The van der Waals surface area contributed by atoms with E-state index in [1.165, 1.54) is 30.4 Å². The van der Waals surface area contributed by atoms with Crippen LogP contribution in [0, 0.1) is 0 Å². The molecule has 3 aromatic rings. The number of imidazole rings is 1. The summed E-state index contributed by atoms with van der Waals surface area (Å²) < 4.78 is 12.3. The normalized spacial score (nSPS) is 24.1. The molecule has 11 nitrogen and oxygen atoms in total. The van der Waals surface area contributed by atoms with Gasteiger partial charge in [0.05, 0.1) is 20.0 Å². The first-order chi connectivity index (χ1) is 14.0. The van der Waals surface area contributed by atoms with Crippen molar-refractivity contribution in [1.29, 1.82) is 0 Å². The summed E-state index contributed by atoms with van der Waals surface area (Å²) in [5.74, 6) is 0.835. The Bertz CT molecular complexity index is 1010. The van der Waals surface area contributed by atoms with Gasteiger partial charge in [0.15, 0.2) is 34.7 Å². The molecule has 1 aliphatic rings. The number of methoxy groups -OCH3 is 1. The Kier molecular flexibility index (Phi) is 5.20. The zero-order valence-electron chi connectivity index (χ0n) is 15.5. The van der Waals surface area contributed by atoms with Gasteiger partial charge in [0.2, 0.25) is 0 Å². The molecule has 4 rings (SSSR count). The second-order valence-corrected chi connectivity index (χ2v) is 6.60. The molecule has 1 fully saturated rings. The molecule has 11 heteroatoms. The average Bonchev–Trinajstić information content (AvgIpc) is 3.28. The highest BCUT2D eigenvalue weighted by atomic mass is 16.6. The fourth-order valence-electron chi connectivity index (χ4n) is 3.40. The van der Waals surface area contributed by atoms with Crippen LogP contribution >= 0.6 is 0 Å². The lowest BCUT2D eigenvalue weighted by molar-refractivity contribution is -0.0511. The number of benzene rings is 1. The monoisotopic (exact) mass is 403 g/mol. The first-order valence-corrected chi connectivity index (χ1v) is 8.93. The van der Waals surface area contributed by atoms with E-state index in [4.69, 9.17) is 9.47 Å². The number of para-hydroxylation sites is 1. The molecule has 154 valence electrons. The molecule has 29 heavy (non-hydrogen) atoms.